The SMILES string of the molecule is C=C(/N=C(\C)CCCC/C=C/[C@@H](CC(=O)OC)c1cncnc1)NCC. The molecule has 1 heterocycles. The molecule has 0 spiro atoms. The van der Waals surface area contributed by atoms with Crippen molar-refractivity contribution in [2.24, 2.45) is 4.99 Å². The molecule has 1 aromatic rings. The van der Waals surface area contributed by atoms with E-state index in [4.69, 9.17) is 4.74 Å². The number of esters is 1. The molecule has 142 valence electrons. The smallest absolute Gasteiger partial charge is 0.306 e. The normalized spacial score (nSPS) is 12.8. The largest absolute Gasteiger partial charge is 0.469 e. The molecule has 0 saturated carbocycles. The highest BCUT2D eigenvalue weighted by molar-refractivity contribution is 5.82. The first-order valence-electron chi connectivity index (χ1n) is 9.02. The molecule has 0 aliphatic heterocycles. The Labute approximate surface area is 156 Å². The van der Waals surface area contributed by atoms with Crippen LogP contribution in [0, 0.1) is 0 Å². The monoisotopic (exact) mass is 358 g/mol. The van der Waals surface area contributed by atoms with Crippen LogP contribution in [0.2, 0.25) is 0 Å². The Balaban J connectivity index is 2.43. The highest BCUT2D eigenvalue weighted by Gasteiger charge is 2.14. The second-order valence-corrected chi connectivity index (χ2v) is 6.06. The van der Waals surface area contributed by atoms with E-state index in [1.807, 2.05) is 19.9 Å². The second-order valence-electron chi connectivity index (χ2n) is 6.06. The van der Waals surface area contributed by atoms with Crippen molar-refractivity contribution in [1.82, 2.24) is 15.3 Å². The summed E-state index contributed by atoms with van der Waals surface area (Å²) >= 11 is 0. The minimum Gasteiger partial charge on any atom is -0.469 e. The minimum absolute atomic E-state index is 0.0598. The van der Waals surface area contributed by atoms with Crippen LogP contribution in [0.1, 0.15) is 57.4 Å². The van der Waals surface area contributed by atoms with Crippen LogP contribution in [0.4, 0.5) is 0 Å². The lowest BCUT2D eigenvalue weighted by atomic mass is 9.97. The molecule has 6 nitrogen and oxygen atoms in total. The molecule has 1 atom stereocenters. The third-order valence-corrected chi connectivity index (χ3v) is 3.86. The summed E-state index contributed by atoms with van der Waals surface area (Å²) in [6.45, 7) is 8.75. The van der Waals surface area contributed by atoms with Crippen molar-refractivity contribution in [3.05, 3.63) is 48.8 Å². The Bertz CT molecular complexity index is 611. The van der Waals surface area contributed by atoms with Crippen LogP contribution in [0.3, 0.4) is 0 Å². The number of ether oxygens (including phenoxy) is 1. The summed E-state index contributed by atoms with van der Waals surface area (Å²) in [6, 6.07) is 0. The van der Waals surface area contributed by atoms with Crippen LogP contribution in [-0.4, -0.2) is 35.3 Å². The maximum Gasteiger partial charge on any atom is 0.306 e. The molecule has 0 aromatic carbocycles. The molecule has 0 radical (unpaired) electrons. The fourth-order valence-corrected chi connectivity index (χ4v) is 2.50. The van der Waals surface area contributed by atoms with Crippen LogP contribution in [0.5, 0.6) is 0 Å². The van der Waals surface area contributed by atoms with Crippen LogP contribution >= 0.6 is 0 Å². The highest BCUT2D eigenvalue weighted by atomic mass is 16.5. The zero-order valence-electron chi connectivity index (χ0n) is 16.1. The predicted octanol–water partition coefficient (Wildman–Crippen LogP) is 3.78. The molecular formula is C20H30N4O2. The number of nitrogens with zero attached hydrogens (tertiary/aromatic N) is 3. The van der Waals surface area contributed by atoms with Gasteiger partial charge in [-0.3, -0.25) is 4.79 Å². The van der Waals surface area contributed by atoms with Gasteiger partial charge in [0.25, 0.3) is 0 Å². The number of carbonyl (C=O) groups is 1. The number of aromatic nitrogens is 2. The number of allylic oxidation sites excluding steroid dienone is 2. The van der Waals surface area contributed by atoms with Gasteiger partial charge in [-0.15, -0.1) is 0 Å². The Morgan fingerprint density at radius 2 is 2.12 bits per heavy atom. The van der Waals surface area contributed by atoms with Gasteiger partial charge in [0.1, 0.15) is 12.1 Å². The molecule has 0 amide bonds. The van der Waals surface area contributed by atoms with E-state index in [2.05, 4.69) is 32.9 Å². The quantitative estimate of drug-likeness (QED) is 0.266. The maximum absolute atomic E-state index is 11.6. The van der Waals surface area contributed by atoms with Crippen molar-refractivity contribution in [3.63, 3.8) is 0 Å². The summed E-state index contributed by atoms with van der Waals surface area (Å²) in [5.41, 5.74) is 2.00. The Kier molecular flexibility index (Phi) is 10.6. The van der Waals surface area contributed by atoms with Gasteiger partial charge in [0.05, 0.1) is 13.5 Å². The fraction of sp³-hybridized carbons (Fsp3) is 0.500. The predicted molar refractivity (Wildman–Crippen MR) is 105 cm³/mol. The molecule has 0 fully saturated rings. The third-order valence-electron chi connectivity index (χ3n) is 3.86. The van der Waals surface area contributed by atoms with Gasteiger partial charge in [-0.1, -0.05) is 18.7 Å². The Morgan fingerprint density at radius 3 is 2.77 bits per heavy atom. The zero-order chi connectivity index (χ0) is 19.2. The molecule has 26 heavy (non-hydrogen) atoms. The van der Waals surface area contributed by atoms with Crippen LogP contribution in [0.15, 0.2) is 48.3 Å². The number of hydrogen-bond acceptors (Lipinski definition) is 6. The van der Waals surface area contributed by atoms with E-state index in [0.29, 0.717) is 6.42 Å². The first-order valence-corrected chi connectivity index (χ1v) is 9.02. The molecule has 1 rings (SSSR count). The molecule has 1 N–H and O–H groups in total. The summed E-state index contributed by atoms with van der Waals surface area (Å²) in [5, 5.41) is 3.09. The Hall–Kier alpha value is -2.50. The average molecular weight is 358 g/mol. The number of unbranched alkanes of at least 4 members (excludes halogenated alkanes) is 2. The maximum atomic E-state index is 11.6. The summed E-state index contributed by atoms with van der Waals surface area (Å²) in [7, 11) is 1.40. The molecule has 1 aromatic heterocycles. The molecule has 6 heteroatoms. The van der Waals surface area contributed by atoms with E-state index in [9.17, 15) is 4.79 Å². The van der Waals surface area contributed by atoms with Crippen molar-refractivity contribution < 1.29 is 9.53 Å². The van der Waals surface area contributed by atoms with Crippen molar-refractivity contribution in [2.45, 2.75) is 51.9 Å². The zero-order valence-corrected chi connectivity index (χ0v) is 16.1. The molecular weight excluding hydrogens is 328 g/mol. The van der Waals surface area contributed by atoms with E-state index >= 15 is 0 Å². The van der Waals surface area contributed by atoms with Gasteiger partial charge in [0, 0.05) is 30.6 Å². The van der Waals surface area contributed by atoms with Crippen molar-refractivity contribution in [2.75, 3.05) is 13.7 Å². The molecule has 0 saturated heterocycles. The molecule has 0 aliphatic carbocycles. The third kappa shape index (κ3) is 9.11. The van der Waals surface area contributed by atoms with E-state index in [1.54, 1.807) is 12.4 Å². The van der Waals surface area contributed by atoms with Crippen molar-refractivity contribution in [3.8, 4) is 0 Å². The van der Waals surface area contributed by atoms with E-state index in [-0.39, 0.29) is 11.9 Å². The van der Waals surface area contributed by atoms with Crippen molar-refractivity contribution >= 4 is 11.7 Å². The number of nitrogens with one attached hydrogen (secondary N) is 1. The lowest BCUT2D eigenvalue weighted by Gasteiger charge is -2.10. The molecule has 0 unspecified atom stereocenters. The highest BCUT2D eigenvalue weighted by Crippen LogP contribution is 2.21. The van der Waals surface area contributed by atoms with E-state index in [0.717, 1.165) is 49.3 Å². The summed E-state index contributed by atoms with van der Waals surface area (Å²) in [6.07, 6.45) is 13.4. The topological polar surface area (TPSA) is 76.5 Å². The lowest BCUT2D eigenvalue weighted by molar-refractivity contribution is -0.140. The van der Waals surface area contributed by atoms with Crippen molar-refractivity contribution in [1.29, 1.82) is 0 Å². The lowest BCUT2D eigenvalue weighted by Crippen LogP contribution is -2.10. The number of rotatable bonds is 12. The second kappa shape index (κ2) is 12.8. The first-order chi connectivity index (χ1) is 12.6. The standard InChI is InChI=1S/C20H30N4O2/c1-5-23-17(3)24-16(2)10-8-6-7-9-11-18(12-20(25)26-4)19-13-21-15-22-14-19/h9,11,13-15,18,23H,3,5-8,10,12H2,1-2,4H3/b11-9+,24-16+/t18-/m0/s1. The summed E-state index contributed by atoms with van der Waals surface area (Å²) < 4.78 is 4.78. The number of hydrogen-bond donors (Lipinski definition) is 1. The number of aliphatic imine (C=N–C) groups is 1. The van der Waals surface area contributed by atoms with Gasteiger partial charge in [0.15, 0.2) is 0 Å². The summed E-state index contributed by atoms with van der Waals surface area (Å²) in [5.74, 6) is 0.423. The van der Waals surface area contributed by atoms with Gasteiger partial charge in [0.2, 0.25) is 0 Å². The Morgan fingerprint density at radius 1 is 1.38 bits per heavy atom. The number of methoxy groups -OCH3 is 1. The van der Waals surface area contributed by atoms with Gasteiger partial charge >= 0.3 is 5.97 Å². The van der Waals surface area contributed by atoms with E-state index < -0.39 is 0 Å². The minimum atomic E-state index is -0.240. The van der Waals surface area contributed by atoms with Gasteiger partial charge < -0.3 is 10.1 Å². The van der Waals surface area contributed by atoms with Crippen LogP contribution in [-0.2, 0) is 9.53 Å². The van der Waals surface area contributed by atoms with Gasteiger partial charge in [-0.25, -0.2) is 15.0 Å². The average Bonchev–Trinajstić information content (AvgIpc) is 2.64. The fourth-order valence-electron chi connectivity index (χ4n) is 2.50. The van der Waals surface area contributed by atoms with Crippen LogP contribution < -0.4 is 5.32 Å². The van der Waals surface area contributed by atoms with E-state index in [1.165, 1.54) is 13.4 Å². The van der Waals surface area contributed by atoms with Gasteiger partial charge in [-0.2, -0.15) is 0 Å². The molecule has 0 bridgehead atoms. The van der Waals surface area contributed by atoms with Crippen LogP contribution in [0.25, 0.3) is 0 Å². The first kappa shape index (κ1) is 21.5. The summed E-state index contributed by atoms with van der Waals surface area (Å²) in [4.78, 5) is 24.1. The van der Waals surface area contributed by atoms with Gasteiger partial charge in [-0.05, 0) is 45.1 Å². The molecule has 0 aliphatic rings. The number of carbonyl (C=O) groups excluding carboxylic acids is 1.